The largest absolute Gasteiger partial charge is 0.488 e. The van der Waals surface area contributed by atoms with Crippen molar-refractivity contribution < 1.29 is 28.5 Å². The van der Waals surface area contributed by atoms with E-state index in [4.69, 9.17) is 14.2 Å². The lowest BCUT2D eigenvalue weighted by atomic mass is 9.96. The number of cyclic esters (lactones) is 1. The Bertz CT molecular complexity index is 909. The third-order valence-electron chi connectivity index (χ3n) is 4.64. The Labute approximate surface area is 156 Å². The van der Waals surface area contributed by atoms with Gasteiger partial charge in [-0.05, 0) is 42.3 Å². The van der Waals surface area contributed by atoms with Crippen LogP contribution in [0.3, 0.4) is 0 Å². The van der Waals surface area contributed by atoms with Gasteiger partial charge in [-0.1, -0.05) is 6.07 Å². The minimum atomic E-state index is -0.711. The molecule has 2 aromatic carbocycles. The van der Waals surface area contributed by atoms with Crippen LogP contribution in [0.2, 0.25) is 0 Å². The topological polar surface area (TPSA) is 74.3 Å². The van der Waals surface area contributed by atoms with Crippen molar-refractivity contribution in [2.45, 2.75) is 19.6 Å². The molecule has 4 rings (SSSR count). The molecule has 2 aliphatic rings. The number of methoxy groups -OCH3 is 1. The first-order valence-corrected chi connectivity index (χ1v) is 8.66. The van der Waals surface area contributed by atoms with Gasteiger partial charge in [0.2, 0.25) is 0 Å². The van der Waals surface area contributed by atoms with Gasteiger partial charge in [0.15, 0.2) is 6.10 Å². The Morgan fingerprint density at radius 2 is 2.00 bits per heavy atom. The number of hydrogen-bond acceptors (Lipinski definition) is 6. The molecule has 0 aromatic heterocycles. The van der Waals surface area contributed by atoms with Gasteiger partial charge in [0.05, 0.1) is 13.7 Å². The van der Waals surface area contributed by atoms with Crippen molar-refractivity contribution in [3.05, 3.63) is 42.0 Å². The number of ether oxygens (including phenoxy) is 4. The van der Waals surface area contributed by atoms with E-state index in [2.05, 4.69) is 4.74 Å². The van der Waals surface area contributed by atoms with Crippen LogP contribution in [-0.4, -0.2) is 38.4 Å². The molecule has 1 fully saturated rings. The lowest BCUT2D eigenvalue weighted by molar-refractivity contribution is -0.147. The van der Waals surface area contributed by atoms with Crippen LogP contribution in [0, 0.1) is 0 Å². The number of carbonyl (C=O) groups is 2. The summed E-state index contributed by atoms with van der Waals surface area (Å²) in [6.07, 6.45) is -1.04. The highest BCUT2D eigenvalue weighted by atomic mass is 16.6. The van der Waals surface area contributed by atoms with Crippen LogP contribution >= 0.6 is 0 Å². The van der Waals surface area contributed by atoms with Crippen LogP contribution in [0.4, 0.5) is 10.5 Å². The average Bonchev–Trinajstić information content (AvgIpc) is 3.12. The zero-order chi connectivity index (χ0) is 19.0. The molecule has 0 aliphatic carbocycles. The van der Waals surface area contributed by atoms with Crippen molar-refractivity contribution in [1.82, 2.24) is 0 Å². The molecule has 1 amide bonds. The molecule has 0 bridgehead atoms. The van der Waals surface area contributed by atoms with Crippen LogP contribution in [0.5, 0.6) is 11.5 Å². The summed E-state index contributed by atoms with van der Waals surface area (Å²) in [5, 5.41) is 0. The Balaban J connectivity index is 1.64. The van der Waals surface area contributed by atoms with E-state index in [1.807, 2.05) is 24.3 Å². The summed E-state index contributed by atoms with van der Waals surface area (Å²) in [5.41, 5.74) is 3.74. The summed E-state index contributed by atoms with van der Waals surface area (Å²) < 4.78 is 21.2. The molecule has 1 atom stereocenters. The Morgan fingerprint density at radius 1 is 1.15 bits per heavy atom. The van der Waals surface area contributed by atoms with Crippen LogP contribution in [0.15, 0.2) is 36.4 Å². The highest BCUT2D eigenvalue weighted by Gasteiger charge is 2.26. The Kier molecular flexibility index (Phi) is 4.35. The Hall–Kier alpha value is -3.22. The van der Waals surface area contributed by atoms with Crippen molar-refractivity contribution in [1.29, 1.82) is 0 Å². The number of esters is 1. The molecule has 2 heterocycles. The van der Waals surface area contributed by atoms with Crippen molar-refractivity contribution in [3.63, 3.8) is 0 Å². The predicted molar refractivity (Wildman–Crippen MR) is 97.0 cm³/mol. The molecule has 0 N–H and O–H groups in total. The van der Waals surface area contributed by atoms with E-state index in [-0.39, 0.29) is 6.09 Å². The van der Waals surface area contributed by atoms with Gasteiger partial charge in [-0.15, -0.1) is 0 Å². The smallest absolute Gasteiger partial charge is 0.414 e. The fraction of sp³-hybridized carbons (Fsp3) is 0.300. The summed E-state index contributed by atoms with van der Waals surface area (Å²) in [5.74, 6) is 0.744. The molecule has 2 aliphatic heterocycles. The predicted octanol–water partition coefficient (Wildman–Crippen LogP) is 3.14. The maximum Gasteiger partial charge on any atom is 0.414 e. The monoisotopic (exact) mass is 369 g/mol. The van der Waals surface area contributed by atoms with E-state index in [0.717, 1.165) is 22.4 Å². The standard InChI is InChI=1S/C20H19NO6/c1-12(19(22)24-2)27-15-5-6-16-17-9-14(21-7-8-25-20(21)23)4-3-13(17)11-26-18(16)10-15/h3-6,9-10,12H,7-8,11H2,1-2H3/t12-/m0/s1. The number of hydrogen-bond donors (Lipinski definition) is 0. The quantitative estimate of drug-likeness (QED) is 0.771. The number of nitrogens with zero attached hydrogens (tertiary/aromatic N) is 1. The van der Waals surface area contributed by atoms with Gasteiger partial charge in [-0.3, -0.25) is 4.90 Å². The molecular formula is C20H19NO6. The SMILES string of the molecule is COC(=O)[C@H](C)Oc1ccc2c(c1)OCc1ccc(N3CCOC3=O)cc1-2. The molecule has 27 heavy (non-hydrogen) atoms. The van der Waals surface area contributed by atoms with E-state index in [0.29, 0.717) is 31.3 Å². The van der Waals surface area contributed by atoms with E-state index in [1.165, 1.54) is 7.11 Å². The van der Waals surface area contributed by atoms with Gasteiger partial charge in [0.1, 0.15) is 24.7 Å². The zero-order valence-electron chi connectivity index (χ0n) is 15.1. The zero-order valence-corrected chi connectivity index (χ0v) is 15.1. The van der Waals surface area contributed by atoms with E-state index in [9.17, 15) is 9.59 Å². The first-order chi connectivity index (χ1) is 13.1. The number of anilines is 1. The minimum absolute atomic E-state index is 0.331. The number of rotatable bonds is 4. The maximum absolute atomic E-state index is 11.8. The summed E-state index contributed by atoms with van der Waals surface area (Å²) in [4.78, 5) is 25.0. The van der Waals surface area contributed by atoms with E-state index < -0.39 is 12.1 Å². The molecule has 0 saturated carbocycles. The lowest BCUT2D eigenvalue weighted by Crippen LogP contribution is -2.25. The van der Waals surface area contributed by atoms with Gasteiger partial charge < -0.3 is 18.9 Å². The number of benzene rings is 2. The second-order valence-electron chi connectivity index (χ2n) is 6.34. The van der Waals surface area contributed by atoms with E-state index >= 15 is 0 Å². The maximum atomic E-state index is 11.8. The van der Waals surface area contributed by atoms with Crippen molar-refractivity contribution in [2.24, 2.45) is 0 Å². The third kappa shape index (κ3) is 3.16. The van der Waals surface area contributed by atoms with Crippen molar-refractivity contribution in [2.75, 3.05) is 25.2 Å². The molecule has 0 radical (unpaired) electrons. The summed E-state index contributed by atoms with van der Waals surface area (Å²) in [6, 6.07) is 11.3. The molecule has 7 nitrogen and oxygen atoms in total. The second kappa shape index (κ2) is 6.83. The molecule has 2 aromatic rings. The number of carbonyl (C=O) groups excluding carboxylic acids is 2. The normalized spacial score (nSPS) is 15.9. The van der Waals surface area contributed by atoms with Crippen LogP contribution in [0.1, 0.15) is 12.5 Å². The molecule has 0 unspecified atom stereocenters. The fourth-order valence-electron chi connectivity index (χ4n) is 3.23. The number of fused-ring (bicyclic) bond motifs is 3. The highest BCUT2D eigenvalue weighted by molar-refractivity contribution is 5.91. The van der Waals surface area contributed by atoms with E-state index in [1.54, 1.807) is 24.0 Å². The first kappa shape index (κ1) is 17.2. The summed E-state index contributed by atoms with van der Waals surface area (Å²) in [7, 11) is 1.32. The third-order valence-corrected chi connectivity index (χ3v) is 4.64. The lowest BCUT2D eigenvalue weighted by Gasteiger charge is -2.24. The van der Waals surface area contributed by atoms with Gasteiger partial charge in [0.25, 0.3) is 0 Å². The molecule has 7 heteroatoms. The van der Waals surface area contributed by atoms with Gasteiger partial charge in [-0.2, -0.15) is 0 Å². The number of amides is 1. The molecular weight excluding hydrogens is 350 g/mol. The van der Waals surface area contributed by atoms with Crippen LogP contribution in [-0.2, 0) is 20.9 Å². The fourth-order valence-corrected chi connectivity index (χ4v) is 3.23. The molecule has 1 saturated heterocycles. The molecule has 0 spiro atoms. The van der Waals surface area contributed by atoms with Gasteiger partial charge in [0, 0.05) is 17.3 Å². The van der Waals surface area contributed by atoms with Gasteiger partial charge >= 0.3 is 12.1 Å². The van der Waals surface area contributed by atoms with Crippen LogP contribution in [0.25, 0.3) is 11.1 Å². The van der Waals surface area contributed by atoms with Crippen molar-refractivity contribution >= 4 is 17.7 Å². The minimum Gasteiger partial charge on any atom is -0.488 e. The first-order valence-electron chi connectivity index (χ1n) is 8.66. The highest BCUT2D eigenvalue weighted by Crippen LogP contribution is 2.41. The van der Waals surface area contributed by atoms with Crippen molar-refractivity contribution in [3.8, 4) is 22.6 Å². The molecule has 140 valence electrons. The summed E-state index contributed by atoms with van der Waals surface area (Å²) in [6.45, 7) is 2.99. The second-order valence-corrected chi connectivity index (χ2v) is 6.34. The van der Waals surface area contributed by atoms with Crippen LogP contribution < -0.4 is 14.4 Å². The van der Waals surface area contributed by atoms with Gasteiger partial charge in [-0.25, -0.2) is 9.59 Å². The summed E-state index contributed by atoms with van der Waals surface area (Å²) >= 11 is 0. The Morgan fingerprint density at radius 3 is 2.74 bits per heavy atom. The average molecular weight is 369 g/mol.